The van der Waals surface area contributed by atoms with Gasteiger partial charge in [0.05, 0.1) is 5.92 Å². The average molecular weight is 161 g/mol. The van der Waals surface area contributed by atoms with Crippen LogP contribution in [0.25, 0.3) is 0 Å². The summed E-state index contributed by atoms with van der Waals surface area (Å²) in [5, 5.41) is 8.58. The van der Waals surface area contributed by atoms with Gasteiger partial charge in [-0.15, -0.1) is 0 Å². The number of aliphatic carboxylic acids is 1. The molecule has 0 amide bonds. The zero-order valence-electron chi connectivity index (χ0n) is 5.66. The number of hydrogen-bond donors (Lipinski definition) is 2. The van der Waals surface area contributed by atoms with Crippen LogP contribution in [0.15, 0.2) is 0 Å². The molecule has 0 bridgehead atoms. The number of carboxylic acids is 1. The zero-order valence-corrected chi connectivity index (χ0v) is 6.55. The van der Waals surface area contributed by atoms with Crippen LogP contribution in [0, 0.1) is 5.92 Å². The standard InChI is InChI=1S/C6H11NO2S/c8-6(9)5-1-3-7(10)4-2-5/h5,10H,1-4H2,(H,8,9). The van der Waals surface area contributed by atoms with Gasteiger partial charge in [-0.25, -0.2) is 0 Å². The number of thiol groups is 1. The molecule has 0 spiro atoms. The summed E-state index contributed by atoms with van der Waals surface area (Å²) in [4.78, 5) is 10.4. The minimum atomic E-state index is -0.665. The Hall–Kier alpha value is -0.220. The van der Waals surface area contributed by atoms with E-state index in [4.69, 9.17) is 5.11 Å². The number of carbonyl (C=O) groups is 1. The molecule has 4 heteroatoms. The van der Waals surface area contributed by atoms with Gasteiger partial charge in [-0.05, 0) is 12.8 Å². The van der Waals surface area contributed by atoms with Crippen molar-refractivity contribution in [1.29, 1.82) is 0 Å². The van der Waals surface area contributed by atoms with E-state index in [-0.39, 0.29) is 5.92 Å². The summed E-state index contributed by atoms with van der Waals surface area (Å²) < 4.78 is 1.86. The number of rotatable bonds is 1. The summed E-state index contributed by atoms with van der Waals surface area (Å²) in [5.74, 6) is -0.801. The first-order chi connectivity index (χ1) is 4.70. The lowest BCUT2D eigenvalue weighted by Crippen LogP contribution is -2.30. The summed E-state index contributed by atoms with van der Waals surface area (Å²) in [6, 6.07) is 0. The monoisotopic (exact) mass is 161 g/mol. The van der Waals surface area contributed by atoms with Crippen molar-refractivity contribution in [2.75, 3.05) is 13.1 Å². The smallest absolute Gasteiger partial charge is 0.306 e. The summed E-state index contributed by atoms with van der Waals surface area (Å²) in [6.07, 6.45) is 1.47. The first kappa shape index (κ1) is 7.88. The summed E-state index contributed by atoms with van der Waals surface area (Å²) in [5.41, 5.74) is 0. The SMILES string of the molecule is O=C(O)C1CCN(S)CC1. The van der Waals surface area contributed by atoms with E-state index in [9.17, 15) is 4.79 Å². The molecule has 0 aromatic heterocycles. The van der Waals surface area contributed by atoms with Gasteiger partial charge in [-0.2, -0.15) is 0 Å². The lowest BCUT2D eigenvalue weighted by Gasteiger charge is -2.24. The van der Waals surface area contributed by atoms with Crippen LogP contribution in [0.1, 0.15) is 12.8 Å². The normalized spacial score (nSPS) is 22.9. The molecule has 1 aliphatic rings. The topological polar surface area (TPSA) is 40.5 Å². The largest absolute Gasteiger partial charge is 0.481 e. The molecule has 1 heterocycles. The Balaban J connectivity index is 2.33. The van der Waals surface area contributed by atoms with E-state index in [1.807, 2.05) is 4.31 Å². The van der Waals surface area contributed by atoms with Crippen molar-refractivity contribution in [2.24, 2.45) is 5.92 Å². The number of piperidine rings is 1. The van der Waals surface area contributed by atoms with E-state index in [0.29, 0.717) is 0 Å². The van der Waals surface area contributed by atoms with Crippen LogP contribution in [0.5, 0.6) is 0 Å². The van der Waals surface area contributed by atoms with Gasteiger partial charge in [0.2, 0.25) is 0 Å². The van der Waals surface area contributed by atoms with Gasteiger partial charge in [0, 0.05) is 13.1 Å². The van der Waals surface area contributed by atoms with Gasteiger partial charge in [0.1, 0.15) is 0 Å². The molecule has 0 saturated carbocycles. The maximum absolute atomic E-state index is 10.4. The van der Waals surface area contributed by atoms with Crippen molar-refractivity contribution in [3.63, 3.8) is 0 Å². The van der Waals surface area contributed by atoms with Crippen LogP contribution < -0.4 is 0 Å². The highest BCUT2D eigenvalue weighted by Gasteiger charge is 2.22. The molecule has 1 aliphatic heterocycles. The van der Waals surface area contributed by atoms with E-state index in [1.54, 1.807) is 0 Å². The molecule has 3 nitrogen and oxygen atoms in total. The second-order valence-corrected chi connectivity index (χ2v) is 3.13. The van der Waals surface area contributed by atoms with Crippen molar-refractivity contribution >= 4 is 18.8 Å². The summed E-state index contributed by atoms with van der Waals surface area (Å²) in [6.45, 7) is 1.58. The Kier molecular flexibility index (Phi) is 2.56. The minimum Gasteiger partial charge on any atom is -0.481 e. The Bertz CT molecular complexity index is 132. The molecule has 0 radical (unpaired) electrons. The van der Waals surface area contributed by atoms with Crippen molar-refractivity contribution < 1.29 is 9.90 Å². The lowest BCUT2D eigenvalue weighted by molar-refractivity contribution is -0.142. The first-order valence-corrected chi connectivity index (χ1v) is 3.77. The van der Waals surface area contributed by atoms with Crippen molar-refractivity contribution in [1.82, 2.24) is 4.31 Å². The van der Waals surface area contributed by atoms with Gasteiger partial charge < -0.3 is 5.11 Å². The molecule has 1 N–H and O–H groups in total. The van der Waals surface area contributed by atoms with Crippen LogP contribution in [-0.4, -0.2) is 28.5 Å². The molecule has 10 heavy (non-hydrogen) atoms. The van der Waals surface area contributed by atoms with Crippen LogP contribution >= 0.6 is 12.8 Å². The van der Waals surface area contributed by atoms with Crippen LogP contribution in [0.3, 0.4) is 0 Å². The second-order valence-electron chi connectivity index (χ2n) is 2.57. The molecule has 1 fully saturated rings. The molecule has 1 saturated heterocycles. The molecular weight excluding hydrogens is 150 g/mol. The third kappa shape index (κ3) is 1.88. The predicted molar refractivity (Wildman–Crippen MR) is 40.9 cm³/mol. The Morgan fingerprint density at radius 1 is 1.50 bits per heavy atom. The van der Waals surface area contributed by atoms with Crippen LogP contribution in [0.2, 0.25) is 0 Å². The van der Waals surface area contributed by atoms with Gasteiger partial charge >= 0.3 is 5.97 Å². The molecule has 58 valence electrons. The van der Waals surface area contributed by atoms with Crippen molar-refractivity contribution in [2.45, 2.75) is 12.8 Å². The highest BCUT2D eigenvalue weighted by Crippen LogP contribution is 2.17. The summed E-state index contributed by atoms with van der Waals surface area (Å²) >= 11 is 4.11. The fourth-order valence-corrected chi connectivity index (χ4v) is 1.34. The number of nitrogens with zero attached hydrogens (tertiary/aromatic N) is 1. The summed E-state index contributed by atoms with van der Waals surface area (Å²) in [7, 11) is 0. The fraction of sp³-hybridized carbons (Fsp3) is 0.833. The van der Waals surface area contributed by atoms with Crippen LogP contribution in [0.4, 0.5) is 0 Å². The molecule has 0 aromatic rings. The molecule has 0 atom stereocenters. The van der Waals surface area contributed by atoms with Gasteiger partial charge in [-0.1, -0.05) is 12.8 Å². The zero-order chi connectivity index (χ0) is 7.56. The Labute approximate surface area is 65.6 Å². The second kappa shape index (κ2) is 3.25. The molecular formula is C6H11NO2S. The lowest BCUT2D eigenvalue weighted by atomic mass is 9.99. The molecule has 0 aromatic carbocycles. The Morgan fingerprint density at radius 3 is 2.40 bits per heavy atom. The maximum atomic E-state index is 10.4. The van der Waals surface area contributed by atoms with Gasteiger partial charge in [0.25, 0.3) is 0 Å². The van der Waals surface area contributed by atoms with Crippen LogP contribution in [-0.2, 0) is 4.79 Å². The quantitative estimate of drug-likeness (QED) is 0.554. The molecule has 1 rings (SSSR count). The molecule has 0 unspecified atom stereocenters. The predicted octanol–water partition coefficient (Wildman–Crippen LogP) is 0.628. The highest BCUT2D eigenvalue weighted by atomic mass is 32.1. The van der Waals surface area contributed by atoms with E-state index < -0.39 is 5.97 Å². The van der Waals surface area contributed by atoms with Gasteiger partial charge in [-0.3, -0.25) is 9.10 Å². The third-order valence-electron chi connectivity index (χ3n) is 1.82. The molecule has 0 aliphatic carbocycles. The van der Waals surface area contributed by atoms with E-state index in [2.05, 4.69) is 12.8 Å². The highest BCUT2D eigenvalue weighted by molar-refractivity contribution is 7.77. The minimum absolute atomic E-state index is 0.136. The van der Waals surface area contributed by atoms with Crippen molar-refractivity contribution in [3.8, 4) is 0 Å². The number of hydrogen-bond acceptors (Lipinski definition) is 3. The Morgan fingerprint density at radius 2 is 2.00 bits per heavy atom. The van der Waals surface area contributed by atoms with E-state index >= 15 is 0 Å². The third-order valence-corrected chi connectivity index (χ3v) is 2.22. The average Bonchev–Trinajstić information content (AvgIpc) is 1.88. The van der Waals surface area contributed by atoms with Crippen molar-refractivity contribution in [3.05, 3.63) is 0 Å². The number of carboxylic acid groups (broad SMARTS) is 1. The fourth-order valence-electron chi connectivity index (χ4n) is 1.11. The first-order valence-electron chi connectivity index (χ1n) is 3.37. The van der Waals surface area contributed by atoms with E-state index in [0.717, 1.165) is 25.9 Å². The maximum Gasteiger partial charge on any atom is 0.306 e. The van der Waals surface area contributed by atoms with Gasteiger partial charge in [0.15, 0.2) is 0 Å². The van der Waals surface area contributed by atoms with E-state index in [1.165, 1.54) is 0 Å².